The number of hydrogen-bond acceptors (Lipinski definition) is 10. The van der Waals surface area contributed by atoms with Crippen LogP contribution in [0.3, 0.4) is 0 Å². The lowest BCUT2D eigenvalue weighted by Gasteiger charge is -2.34. The Labute approximate surface area is 229 Å². The zero-order valence-corrected chi connectivity index (χ0v) is 23.5. The van der Waals surface area contributed by atoms with Gasteiger partial charge in [0.25, 0.3) is 0 Å². The summed E-state index contributed by atoms with van der Waals surface area (Å²) in [5, 5.41) is 21.7. The maximum absolute atomic E-state index is 13.7. The zero-order chi connectivity index (χ0) is 28.4. The normalized spacial score (nSPS) is 23.7. The van der Waals surface area contributed by atoms with Gasteiger partial charge in [-0.15, -0.1) is 0 Å². The number of nitrogens with zero attached hydrogens (tertiary/aromatic N) is 1. The monoisotopic (exact) mass is 547 g/mol. The van der Waals surface area contributed by atoms with E-state index in [0.29, 0.717) is 17.3 Å². The molecule has 1 aromatic rings. The predicted octanol–water partition coefficient (Wildman–Crippen LogP) is 2.83. The van der Waals surface area contributed by atoms with Crippen molar-refractivity contribution in [1.29, 1.82) is 0 Å². The number of fused-ring (bicyclic) bond motifs is 4. The van der Waals surface area contributed by atoms with E-state index in [1.165, 1.54) is 14.2 Å². The van der Waals surface area contributed by atoms with Crippen LogP contribution in [0.2, 0.25) is 0 Å². The molecule has 1 aromatic carbocycles. The first-order valence-corrected chi connectivity index (χ1v) is 13.6. The molecule has 1 aliphatic carbocycles. The Kier molecular flexibility index (Phi) is 8.78. The third-order valence-corrected chi connectivity index (χ3v) is 7.86. The summed E-state index contributed by atoms with van der Waals surface area (Å²) in [6.07, 6.45) is 3.27. The quantitative estimate of drug-likeness (QED) is 0.400. The molecule has 4 rings (SSSR count). The fraction of sp³-hybridized carbons (Fsp3) is 0.655. The molecule has 0 spiro atoms. The fourth-order valence-corrected chi connectivity index (χ4v) is 5.59. The smallest absolute Gasteiger partial charge is 0.339 e. The molecule has 39 heavy (non-hydrogen) atoms. The van der Waals surface area contributed by atoms with Gasteiger partial charge >= 0.3 is 11.9 Å². The third-order valence-electron chi connectivity index (χ3n) is 7.86. The van der Waals surface area contributed by atoms with Crippen molar-refractivity contribution >= 4 is 11.9 Å². The van der Waals surface area contributed by atoms with Gasteiger partial charge in [0.05, 0.1) is 26.2 Å². The minimum atomic E-state index is -2.19. The number of hydrogen-bond donors (Lipinski definition) is 2. The molecule has 2 N–H and O–H groups in total. The Bertz CT molecular complexity index is 1090. The van der Waals surface area contributed by atoms with Crippen molar-refractivity contribution in [3.63, 3.8) is 0 Å². The van der Waals surface area contributed by atoms with Crippen molar-refractivity contribution in [2.45, 2.75) is 88.6 Å². The Hall–Kier alpha value is -2.82. The van der Waals surface area contributed by atoms with Gasteiger partial charge in [-0.2, -0.15) is 0 Å². The van der Waals surface area contributed by atoms with E-state index >= 15 is 0 Å². The Morgan fingerprint density at radius 1 is 1.13 bits per heavy atom. The number of rotatable bonds is 11. The second kappa shape index (κ2) is 11.7. The summed E-state index contributed by atoms with van der Waals surface area (Å²) in [6.45, 7) is 7.11. The molecule has 2 aliphatic heterocycles. The molecule has 216 valence electrons. The zero-order valence-electron chi connectivity index (χ0n) is 23.5. The van der Waals surface area contributed by atoms with Crippen LogP contribution in [0.25, 0.3) is 0 Å². The van der Waals surface area contributed by atoms with Crippen LogP contribution in [0.5, 0.6) is 11.5 Å². The highest BCUT2D eigenvalue weighted by molar-refractivity contribution is 5.86. The lowest BCUT2D eigenvalue weighted by Crippen LogP contribution is -2.47. The average molecular weight is 548 g/mol. The summed E-state index contributed by atoms with van der Waals surface area (Å²) in [6, 6.07) is 3.84. The minimum Gasteiger partial charge on any atom is -0.497 e. The summed E-state index contributed by atoms with van der Waals surface area (Å²) < 4.78 is 27.9. The number of carbonyl (C=O) groups excluding carboxylic acids is 2. The lowest BCUT2D eigenvalue weighted by atomic mass is 9.86. The van der Waals surface area contributed by atoms with Crippen LogP contribution >= 0.6 is 0 Å². The fourth-order valence-electron chi connectivity index (χ4n) is 5.59. The first-order chi connectivity index (χ1) is 18.5. The molecule has 0 aromatic heterocycles. The van der Waals surface area contributed by atoms with Gasteiger partial charge in [-0.25, -0.2) is 4.79 Å². The number of carbonyl (C=O) groups is 2. The topological polar surface area (TPSA) is 124 Å². The number of aliphatic hydroxyl groups is 2. The molecule has 4 atom stereocenters. The molecule has 1 unspecified atom stereocenters. The number of esters is 2. The summed E-state index contributed by atoms with van der Waals surface area (Å²) in [7, 11) is 2.72. The van der Waals surface area contributed by atoms with Crippen LogP contribution in [-0.2, 0) is 30.2 Å². The first-order valence-electron chi connectivity index (χ1n) is 13.6. The van der Waals surface area contributed by atoms with Crippen molar-refractivity contribution in [3.05, 3.63) is 35.1 Å². The van der Waals surface area contributed by atoms with Crippen LogP contribution in [0, 0.1) is 0 Å². The van der Waals surface area contributed by atoms with Gasteiger partial charge in [-0.05, 0) is 75.4 Å². The van der Waals surface area contributed by atoms with E-state index in [2.05, 4.69) is 11.8 Å². The van der Waals surface area contributed by atoms with E-state index in [9.17, 15) is 19.8 Å². The van der Waals surface area contributed by atoms with E-state index in [4.69, 9.17) is 23.7 Å². The highest BCUT2D eigenvalue weighted by atomic mass is 16.7. The second-order valence-electron chi connectivity index (χ2n) is 11.3. The molecule has 2 heterocycles. The predicted molar refractivity (Wildman–Crippen MR) is 141 cm³/mol. The maximum Gasteiger partial charge on any atom is 0.339 e. The standard InChI is InChI=1S/C29H41NO9/c1-6-7-11-30-12-8-18-13-21-22(38-17-37-21)14-19(18)25-20(30)15-23(35-4)26(25)39-27(32)29(34,16-24(31)36-5)10-9-28(2,3)33/h13-15,20,25-26,33-34H,6-12,16-17H2,1-5H3/t20-,25-,26+,29?/m0/s1. The van der Waals surface area contributed by atoms with Gasteiger partial charge in [0, 0.05) is 18.5 Å². The number of unbranched alkanes of at least 4 members (excludes halogenated alkanes) is 1. The molecule has 0 saturated carbocycles. The van der Waals surface area contributed by atoms with Crippen molar-refractivity contribution in [2.24, 2.45) is 0 Å². The summed E-state index contributed by atoms with van der Waals surface area (Å²) in [5.41, 5.74) is -1.30. The summed E-state index contributed by atoms with van der Waals surface area (Å²) in [4.78, 5) is 28.2. The SMILES string of the molecule is CCCCN1CCc2cc3c(cc2[C@@H]2[C@H](OC(=O)C(O)(CCC(C)(C)O)CC(=O)OC)C(OC)=C[C@@H]21)OCO3. The van der Waals surface area contributed by atoms with Crippen molar-refractivity contribution < 1.29 is 43.5 Å². The number of ether oxygens (including phenoxy) is 5. The summed E-state index contributed by atoms with van der Waals surface area (Å²) in [5.74, 6) is -0.235. The van der Waals surface area contributed by atoms with Crippen molar-refractivity contribution in [1.82, 2.24) is 4.90 Å². The van der Waals surface area contributed by atoms with E-state index in [1.54, 1.807) is 13.8 Å². The van der Waals surface area contributed by atoms with Gasteiger partial charge in [0.2, 0.25) is 6.79 Å². The van der Waals surface area contributed by atoms with E-state index in [1.807, 2.05) is 18.2 Å². The van der Waals surface area contributed by atoms with Crippen LogP contribution in [0.15, 0.2) is 24.0 Å². The van der Waals surface area contributed by atoms with Crippen LogP contribution in [-0.4, -0.2) is 84.5 Å². The van der Waals surface area contributed by atoms with Crippen molar-refractivity contribution in [2.75, 3.05) is 34.1 Å². The third kappa shape index (κ3) is 6.34. The van der Waals surface area contributed by atoms with Gasteiger partial charge in [-0.3, -0.25) is 9.69 Å². The van der Waals surface area contributed by atoms with Crippen molar-refractivity contribution in [3.8, 4) is 11.5 Å². The number of methoxy groups -OCH3 is 2. The lowest BCUT2D eigenvalue weighted by molar-refractivity contribution is -0.179. The molecule has 10 nitrogen and oxygen atoms in total. The Morgan fingerprint density at radius 3 is 2.49 bits per heavy atom. The van der Waals surface area contributed by atoms with Crippen LogP contribution in [0.1, 0.15) is 69.9 Å². The van der Waals surface area contributed by atoms with Gasteiger partial charge in [0.1, 0.15) is 5.76 Å². The second-order valence-corrected chi connectivity index (χ2v) is 11.3. The average Bonchev–Trinajstić information content (AvgIpc) is 3.46. The van der Waals surface area contributed by atoms with Crippen LogP contribution in [0.4, 0.5) is 0 Å². The van der Waals surface area contributed by atoms with E-state index in [-0.39, 0.29) is 31.6 Å². The molecular weight excluding hydrogens is 506 g/mol. The molecule has 0 saturated heterocycles. The van der Waals surface area contributed by atoms with E-state index < -0.39 is 35.7 Å². The minimum absolute atomic E-state index is 0.0659. The molecule has 3 aliphatic rings. The van der Waals surface area contributed by atoms with Crippen LogP contribution < -0.4 is 9.47 Å². The molecule has 0 fully saturated rings. The number of benzene rings is 1. The molecule has 0 radical (unpaired) electrons. The Morgan fingerprint density at radius 2 is 1.85 bits per heavy atom. The molecule has 0 bridgehead atoms. The van der Waals surface area contributed by atoms with E-state index in [0.717, 1.165) is 43.5 Å². The first kappa shape index (κ1) is 29.2. The molecular formula is C29H41NO9. The highest BCUT2D eigenvalue weighted by Crippen LogP contribution is 2.47. The Balaban J connectivity index is 1.71. The maximum atomic E-state index is 13.7. The molecule has 10 heteroatoms. The van der Waals surface area contributed by atoms with Gasteiger partial charge < -0.3 is 33.9 Å². The van der Waals surface area contributed by atoms with Gasteiger partial charge in [-0.1, -0.05) is 13.3 Å². The van der Waals surface area contributed by atoms with Gasteiger partial charge in [0.15, 0.2) is 23.2 Å². The largest absolute Gasteiger partial charge is 0.497 e. The highest BCUT2D eigenvalue weighted by Gasteiger charge is 2.50. The summed E-state index contributed by atoms with van der Waals surface area (Å²) >= 11 is 0. The molecule has 0 amide bonds.